The van der Waals surface area contributed by atoms with E-state index in [4.69, 9.17) is 21.1 Å². The highest BCUT2D eigenvalue weighted by Gasteiger charge is 2.33. The number of nitrogens with two attached hydrogens (primary N) is 1. The molecule has 0 amide bonds. The molecule has 12 heteroatoms. The summed E-state index contributed by atoms with van der Waals surface area (Å²) in [5.74, 6) is -7.06. The van der Waals surface area contributed by atoms with Crippen molar-refractivity contribution in [3.05, 3.63) is 52.8 Å². The predicted molar refractivity (Wildman–Crippen MR) is 91.2 cm³/mol. The quantitative estimate of drug-likeness (QED) is 0.290. The summed E-state index contributed by atoms with van der Waals surface area (Å²) in [7, 11) is 0. The van der Waals surface area contributed by atoms with Crippen LogP contribution in [0, 0.1) is 41.1 Å². The number of ether oxygens (including phenoxy) is 1. The Labute approximate surface area is 159 Å². The number of amidine groups is 1. The summed E-state index contributed by atoms with van der Waals surface area (Å²) >= 11 is 0. The standard InChI is InChI=1S/C17H11F6N5O/c1-7-2-9(18)14(5-12(7)27-28-13(6-24)16(25)26)29-15-10(19)3-8(4-11(15)20)17(21,22)23/h2-5,27H,1H3,(H3,25,26)/b28-13+. The zero-order valence-corrected chi connectivity index (χ0v) is 14.5. The molecule has 0 fully saturated rings. The van der Waals surface area contributed by atoms with Crippen molar-refractivity contribution >= 4 is 17.2 Å². The number of anilines is 1. The number of benzene rings is 2. The average Bonchev–Trinajstić information content (AvgIpc) is 2.60. The van der Waals surface area contributed by atoms with Crippen molar-refractivity contribution in [2.45, 2.75) is 13.1 Å². The smallest absolute Gasteiger partial charge is 0.416 e. The SMILES string of the molecule is Cc1cc(F)c(Oc2c(F)cc(C(F)(F)F)cc2F)cc1N/N=C(\C#N)C(=N)N. The summed E-state index contributed by atoms with van der Waals surface area (Å²) in [5, 5.41) is 19.5. The molecule has 29 heavy (non-hydrogen) atoms. The van der Waals surface area contributed by atoms with Crippen molar-refractivity contribution in [1.82, 2.24) is 0 Å². The lowest BCUT2D eigenvalue weighted by Crippen LogP contribution is -2.22. The molecular formula is C17H11F6N5O. The van der Waals surface area contributed by atoms with Gasteiger partial charge in [0.05, 0.1) is 11.3 Å². The number of aryl methyl sites for hydroxylation is 1. The minimum Gasteiger partial charge on any atom is -0.448 e. The summed E-state index contributed by atoms with van der Waals surface area (Å²) < 4.78 is 84.6. The second-order valence-corrected chi connectivity index (χ2v) is 5.56. The van der Waals surface area contributed by atoms with Gasteiger partial charge < -0.3 is 10.5 Å². The Hall–Kier alpha value is -3.75. The van der Waals surface area contributed by atoms with E-state index in [2.05, 4.69) is 10.5 Å². The number of rotatable bonds is 5. The first-order valence-electron chi connectivity index (χ1n) is 7.56. The summed E-state index contributed by atoms with van der Waals surface area (Å²) in [6.07, 6.45) is -4.99. The van der Waals surface area contributed by atoms with Gasteiger partial charge in [-0.1, -0.05) is 0 Å². The third-order valence-corrected chi connectivity index (χ3v) is 3.47. The second-order valence-electron chi connectivity index (χ2n) is 5.56. The summed E-state index contributed by atoms with van der Waals surface area (Å²) in [4.78, 5) is 0. The van der Waals surface area contributed by atoms with Gasteiger partial charge in [0.1, 0.15) is 6.07 Å². The number of nitriles is 1. The summed E-state index contributed by atoms with van der Waals surface area (Å²) in [5.41, 5.74) is 5.62. The van der Waals surface area contributed by atoms with Crippen molar-refractivity contribution in [3.63, 3.8) is 0 Å². The number of nitrogens with one attached hydrogen (secondary N) is 2. The number of nitrogens with zero attached hydrogens (tertiary/aromatic N) is 2. The normalized spacial score (nSPS) is 11.7. The molecule has 0 unspecified atom stereocenters. The predicted octanol–water partition coefficient (Wildman–Crippen LogP) is 4.45. The maximum Gasteiger partial charge on any atom is 0.416 e. The largest absolute Gasteiger partial charge is 0.448 e. The van der Waals surface area contributed by atoms with Gasteiger partial charge in [0.15, 0.2) is 34.8 Å². The van der Waals surface area contributed by atoms with Gasteiger partial charge in [0, 0.05) is 6.07 Å². The van der Waals surface area contributed by atoms with E-state index in [0.29, 0.717) is 0 Å². The van der Waals surface area contributed by atoms with Gasteiger partial charge >= 0.3 is 6.18 Å². The van der Waals surface area contributed by atoms with Crippen molar-refractivity contribution in [2.75, 3.05) is 5.43 Å². The Bertz CT molecular complexity index is 1020. The zero-order valence-electron chi connectivity index (χ0n) is 14.5. The fraction of sp³-hybridized carbons (Fsp3) is 0.118. The number of hydrazone groups is 1. The van der Waals surface area contributed by atoms with E-state index in [-0.39, 0.29) is 23.4 Å². The highest BCUT2D eigenvalue weighted by molar-refractivity contribution is 6.45. The number of halogens is 6. The highest BCUT2D eigenvalue weighted by atomic mass is 19.4. The molecule has 0 aliphatic heterocycles. The van der Waals surface area contributed by atoms with Gasteiger partial charge in [-0.2, -0.15) is 23.5 Å². The molecule has 0 aliphatic rings. The minimum absolute atomic E-state index is 0.0139. The van der Waals surface area contributed by atoms with Crippen LogP contribution in [0.5, 0.6) is 11.5 Å². The molecule has 0 atom stereocenters. The van der Waals surface area contributed by atoms with Gasteiger partial charge in [-0.25, -0.2) is 13.2 Å². The zero-order chi connectivity index (χ0) is 21.9. The Morgan fingerprint density at radius 1 is 1.14 bits per heavy atom. The monoisotopic (exact) mass is 415 g/mol. The van der Waals surface area contributed by atoms with Crippen LogP contribution < -0.4 is 15.9 Å². The number of hydrogen-bond donors (Lipinski definition) is 3. The molecule has 0 saturated heterocycles. The molecule has 2 rings (SSSR count). The molecule has 152 valence electrons. The molecule has 0 radical (unpaired) electrons. The molecule has 4 N–H and O–H groups in total. The van der Waals surface area contributed by atoms with Crippen molar-refractivity contribution < 1.29 is 31.1 Å². The van der Waals surface area contributed by atoms with E-state index >= 15 is 0 Å². The van der Waals surface area contributed by atoms with Crippen LogP contribution in [0.15, 0.2) is 29.4 Å². The lowest BCUT2D eigenvalue weighted by atomic mass is 10.1. The average molecular weight is 415 g/mol. The molecule has 0 bridgehead atoms. The molecule has 6 nitrogen and oxygen atoms in total. The van der Waals surface area contributed by atoms with Crippen LogP contribution in [0.3, 0.4) is 0 Å². The van der Waals surface area contributed by atoms with Crippen LogP contribution >= 0.6 is 0 Å². The van der Waals surface area contributed by atoms with Crippen molar-refractivity contribution in [2.24, 2.45) is 10.8 Å². The Kier molecular flexibility index (Phi) is 6.01. The van der Waals surface area contributed by atoms with Gasteiger partial charge in [0.2, 0.25) is 5.71 Å². The molecule has 0 spiro atoms. The van der Waals surface area contributed by atoms with Crippen LogP contribution in [0.4, 0.5) is 32.0 Å². The van der Waals surface area contributed by atoms with Crippen LogP contribution in [0.2, 0.25) is 0 Å². The number of alkyl halides is 3. The first-order valence-corrected chi connectivity index (χ1v) is 7.56. The third-order valence-electron chi connectivity index (χ3n) is 3.47. The maximum atomic E-state index is 14.1. The third kappa shape index (κ3) is 4.95. The Balaban J connectivity index is 2.42. The fourth-order valence-corrected chi connectivity index (χ4v) is 2.04. The molecule has 2 aromatic carbocycles. The summed E-state index contributed by atoms with van der Waals surface area (Å²) in [6.45, 7) is 1.42. The maximum absolute atomic E-state index is 14.1. The van der Waals surface area contributed by atoms with Crippen molar-refractivity contribution in [1.29, 1.82) is 10.7 Å². The molecular weight excluding hydrogens is 404 g/mol. The Morgan fingerprint density at radius 3 is 2.21 bits per heavy atom. The topological polar surface area (TPSA) is 107 Å². The molecule has 0 saturated carbocycles. The fourth-order valence-electron chi connectivity index (χ4n) is 2.04. The van der Waals surface area contributed by atoms with Gasteiger partial charge in [-0.15, -0.1) is 0 Å². The molecule has 0 aromatic heterocycles. The minimum atomic E-state index is -4.99. The van der Waals surface area contributed by atoms with Crippen LogP contribution in [-0.2, 0) is 6.18 Å². The molecule has 0 aliphatic carbocycles. The van der Waals surface area contributed by atoms with Gasteiger partial charge in [0.25, 0.3) is 0 Å². The van der Waals surface area contributed by atoms with E-state index in [1.165, 1.54) is 13.0 Å². The van der Waals surface area contributed by atoms with E-state index in [9.17, 15) is 26.3 Å². The lowest BCUT2D eigenvalue weighted by molar-refractivity contribution is -0.138. The molecule has 2 aromatic rings. The first kappa shape index (κ1) is 21.5. The summed E-state index contributed by atoms with van der Waals surface area (Å²) in [6, 6.07) is 3.37. The van der Waals surface area contributed by atoms with Gasteiger partial charge in [-0.05, 0) is 30.7 Å². The van der Waals surface area contributed by atoms with Crippen LogP contribution in [0.25, 0.3) is 0 Å². The van der Waals surface area contributed by atoms with Crippen LogP contribution in [-0.4, -0.2) is 11.5 Å². The van der Waals surface area contributed by atoms with Crippen molar-refractivity contribution in [3.8, 4) is 17.6 Å². The first-order chi connectivity index (χ1) is 13.4. The van der Waals surface area contributed by atoms with Gasteiger partial charge in [-0.3, -0.25) is 10.8 Å². The lowest BCUT2D eigenvalue weighted by Gasteiger charge is -2.14. The second kappa shape index (κ2) is 8.09. The highest BCUT2D eigenvalue weighted by Crippen LogP contribution is 2.37. The van der Waals surface area contributed by atoms with E-state index < -0.39 is 52.2 Å². The Morgan fingerprint density at radius 2 is 1.72 bits per heavy atom. The van der Waals surface area contributed by atoms with E-state index in [0.717, 1.165) is 12.1 Å². The van der Waals surface area contributed by atoms with E-state index in [1.54, 1.807) is 0 Å². The number of hydrogen-bond acceptors (Lipinski definition) is 5. The van der Waals surface area contributed by atoms with E-state index in [1.807, 2.05) is 0 Å². The molecule has 0 heterocycles. The van der Waals surface area contributed by atoms with Crippen LogP contribution in [0.1, 0.15) is 11.1 Å².